The highest BCUT2D eigenvalue weighted by Crippen LogP contribution is 2.35. The quantitative estimate of drug-likeness (QED) is 0.514. The SMILES string of the molecule is COC(=O)c1c(OS(=O)(=O)C(F)(F)F)csc1N. The van der Waals surface area contributed by atoms with E-state index in [1.54, 1.807) is 0 Å². The average Bonchev–Trinajstić information content (AvgIpc) is 2.56. The van der Waals surface area contributed by atoms with Crippen molar-refractivity contribution in [2.24, 2.45) is 0 Å². The van der Waals surface area contributed by atoms with Gasteiger partial charge in [0.2, 0.25) is 0 Å². The van der Waals surface area contributed by atoms with Gasteiger partial charge in [-0.15, -0.1) is 11.3 Å². The molecular formula is C7H6F3NO5S2. The summed E-state index contributed by atoms with van der Waals surface area (Å²) in [4.78, 5) is 11.2. The first-order valence-corrected chi connectivity index (χ1v) is 6.35. The van der Waals surface area contributed by atoms with Gasteiger partial charge < -0.3 is 14.7 Å². The Hall–Kier alpha value is -1.49. The van der Waals surface area contributed by atoms with Crippen molar-refractivity contribution in [1.29, 1.82) is 0 Å². The largest absolute Gasteiger partial charge is 0.534 e. The van der Waals surface area contributed by atoms with Gasteiger partial charge in [-0.1, -0.05) is 0 Å². The number of nitrogen functional groups attached to an aromatic ring is 1. The molecule has 0 aliphatic carbocycles. The fraction of sp³-hybridized carbons (Fsp3) is 0.286. The molecule has 0 fully saturated rings. The van der Waals surface area contributed by atoms with Gasteiger partial charge in [0.15, 0.2) is 5.75 Å². The number of alkyl halides is 3. The van der Waals surface area contributed by atoms with Crippen molar-refractivity contribution >= 4 is 32.4 Å². The number of halogens is 3. The second-order valence-electron chi connectivity index (χ2n) is 2.81. The molecule has 1 aromatic heterocycles. The van der Waals surface area contributed by atoms with Crippen LogP contribution >= 0.6 is 11.3 Å². The van der Waals surface area contributed by atoms with Gasteiger partial charge in [-0.3, -0.25) is 0 Å². The summed E-state index contributed by atoms with van der Waals surface area (Å²) in [5.74, 6) is -1.91. The van der Waals surface area contributed by atoms with E-state index in [0.717, 1.165) is 12.5 Å². The summed E-state index contributed by atoms with van der Waals surface area (Å²) in [6.45, 7) is 0. The van der Waals surface area contributed by atoms with Crippen LogP contribution in [0.25, 0.3) is 0 Å². The first-order chi connectivity index (χ1) is 8.10. The maximum absolute atomic E-state index is 12.1. The van der Waals surface area contributed by atoms with Gasteiger partial charge in [0, 0.05) is 5.38 Å². The van der Waals surface area contributed by atoms with Crippen LogP contribution in [0, 0.1) is 0 Å². The second kappa shape index (κ2) is 4.65. The zero-order valence-electron chi connectivity index (χ0n) is 8.65. The minimum Gasteiger partial charge on any atom is -0.465 e. The van der Waals surface area contributed by atoms with E-state index in [1.807, 2.05) is 0 Å². The van der Waals surface area contributed by atoms with E-state index in [4.69, 9.17) is 5.73 Å². The number of carbonyl (C=O) groups is 1. The highest BCUT2D eigenvalue weighted by atomic mass is 32.2. The van der Waals surface area contributed by atoms with E-state index in [1.165, 1.54) is 0 Å². The molecular weight excluding hydrogens is 299 g/mol. The first kappa shape index (κ1) is 14.6. The van der Waals surface area contributed by atoms with E-state index >= 15 is 0 Å². The minimum absolute atomic E-state index is 0.214. The molecule has 0 saturated carbocycles. The fourth-order valence-corrected chi connectivity index (χ4v) is 2.11. The number of thiophene rings is 1. The van der Waals surface area contributed by atoms with Crippen LogP contribution in [-0.4, -0.2) is 27.0 Å². The Kier molecular flexibility index (Phi) is 3.76. The van der Waals surface area contributed by atoms with Crippen LogP contribution in [0.1, 0.15) is 10.4 Å². The van der Waals surface area contributed by atoms with E-state index in [0.29, 0.717) is 11.3 Å². The van der Waals surface area contributed by atoms with Crippen molar-refractivity contribution in [3.05, 3.63) is 10.9 Å². The number of ether oxygens (including phenoxy) is 1. The molecule has 11 heteroatoms. The summed E-state index contributed by atoms with van der Waals surface area (Å²) >= 11 is 0.646. The fourth-order valence-electron chi connectivity index (χ4n) is 0.886. The third-order valence-electron chi connectivity index (χ3n) is 1.66. The maximum atomic E-state index is 12.1. The van der Waals surface area contributed by atoms with Crippen LogP contribution in [0.2, 0.25) is 0 Å². The van der Waals surface area contributed by atoms with E-state index < -0.39 is 32.9 Å². The van der Waals surface area contributed by atoms with E-state index in [-0.39, 0.29) is 5.00 Å². The summed E-state index contributed by atoms with van der Waals surface area (Å²) in [6, 6.07) is 0. The molecule has 0 unspecified atom stereocenters. The summed E-state index contributed by atoms with van der Waals surface area (Å²) in [6.07, 6.45) is 0. The van der Waals surface area contributed by atoms with Crippen molar-refractivity contribution in [1.82, 2.24) is 0 Å². The lowest BCUT2D eigenvalue weighted by Gasteiger charge is -2.09. The van der Waals surface area contributed by atoms with Crippen LogP contribution in [0.5, 0.6) is 5.75 Å². The van der Waals surface area contributed by atoms with Crippen LogP contribution in [0.3, 0.4) is 0 Å². The molecule has 0 spiro atoms. The van der Waals surface area contributed by atoms with Gasteiger partial charge in [-0.25, -0.2) is 4.79 Å². The molecule has 0 atom stereocenters. The molecule has 0 aromatic carbocycles. The van der Waals surface area contributed by atoms with Crippen molar-refractivity contribution in [3.8, 4) is 5.75 Å². The third-order valence-corrected chi connectivity index (χ3v) is 3.41. The van der Waals surface area contributed by atoms with Crippen LogP contribution in [0.4, 0.5) is 18.2 Å². The molecule has 1 heterocycles. The second-order valence-corrected chi connectivity index (χ2v) is 5.26. The van der Waals surface area contributed by atoms with Crippen LogP contribution < -0.4 is 9.92 Å². The predicted molar refractivity (Wildman–Crippen MR) is 55.7 cm³/mol. The van der Waals surface area contributed by atoms with E-state index in [9.17, 15) is 26.4 Å². The normalized spacial score (nSPS) is 12.2. The number of esters is 1. The number of hydrogen-bond donors (Lipinski definition) is 1. The van der Waals surface area contributed by atoms with E-state index in [2.05, 4.69) is 8.92 Å². The number of anilines is 1. The Morgan fingerprint density at radius 2 is 2.00 bits per heavy atom. The summed E-state index contributed by atoms with van der Waals surface area (Å²) in [5.41, 5.74) is -0.853. The van der Waals surface area contributed by atoms with Crippen molar-refractivity contribution < 1.29 is 35.3 Å². The van der Waals surface area contributed by atoms with Gasteiger partial charge in [0.05, 0.1) is 7.11 Å². The molecule has 0 bridgehead atoms. The van der Waals surface area contributed by atoms with Gasteiger partial charge in [0.25, 0.3) is 0 Å². The number of rotatable bonds is 3. The molecule has 0 amide bonds. The highest BCUT2D eigenvalue weighted by Gasteiger charge is 2.49. The zero-order valence-corrected chi connectivity index (χ0v) is 10.3. The predicted octanol–water partition coefficient (Wildman–Crippen LogP) is 1.35. The maximum Gasteiger partial charge on any atom is 0.534 e. The van der Waals surface area contributed by atoms with Crippen molar-refractivity contribution in [3.63, 3.8) is 0 Å². The Bertz CT molecular complexity index is 562. The molecule has 0 aliphatic heterocycles. The lowest BCUT2D eigenvalue weighted by Crippen LogP contribution is -2.28. The zero-order chi connectivity index (χ0) is 14.1. The highest BCUT2D eigenvalue weighted by molar-refractivity contribution is 7.88. The summed E-state index contributed by atoms with van der Waals surface area (Å²) in [7, 11) is -4.90. The van der Waals surface area contributed by atoms with Gasteiger partial charge in [0.1, 0.15) is 10.6 Å². The van der Waals surface area contributed by atoms with Crippen molar-refractivity contribution in [2.45, 2.75) is 5.51 Å². The molecule has 0 aliphatic rings. The monoisotopic (exact) mass is 305 g/mol. The van der Waals surface area contributed by atoms with Crippen LogP contribution in [-0.2, 0) is 14.9 Å². The topological polar surface area (TPSA) is 95.7 Å². The molecule has 2 N–H and O–H groups in total. The molecule has 6 nitrogen and oxygen atoms in total. The Morgan fingerprint density at radius 3 is 2.44 bits per heavy atom. The number of nitrogens with two attached hydrogens (primary N) is 1. The smallest absolute Gasteiger partial charge is 0.465 e. The molecule has 1 aromatic rings. The van der Waals surface area contributed by atoms with Gasteiger partial charge >= 0.3 is 21.6 Å². The molecule has 102 valence electrons. The van der Waals surface area contributed by atoms with Gasteiger partial charge in [-0.05, 0) is 0 Å². The molecule has 1 rings (SSSR count). The molecule has 18 heavy (non-hydrogen) atoms. The van der Waals surface area contributed by atoms with Gasteiger partial charge in [-0.2, -0.15) is 21.6 Å². The van der Waals surface area contributed by atoms with Crippen molar-refractivity contribution in [2.75, 3.05) is 12.8 Å². The van der Waals surface area contributed by atoms with Crippen LogP contribution in [0.15, 0.2) is 5.38 Å². The molecule has 0 saturated heterocycles. The molecule has 0 radical (unpaired) electrons. The summed E-state index contributed by atoms with van der Waals surface area (Å²) < 4.78 is 65.8. The number of methoxy groups -OCH3 is 1. The Labute approximate surface area is 103 Å². The third kappa shape index (κ3) is 2.67. The Morgan fingerprint density at radius 1 is 1.44 bits per heavy atom. The lowest BCUT2D eigenvalue weighted by molar-refractivity contribution is -0.0500. The average molecular weight is 305 g/mol. The lowest BCUT2D eigenvalue weighted by atomic mass is 10.3. The number of hydrogen-bond acceptors (Lipinski definition) is 7. The summed E-state index contributed by atoms with van der Waals surface area (Å²) in [5, 5.41) is 0.652. The number of carbonyl (C=O) groups excluding carboxylic acids is 1. The minimum atomic E-state index is -5.86. The first-order valence-electron chi connectivity index (χ1n) is 4.06. The Balaban J connectivity index is 3.19. The standard InChI is InChI=1S/C7H6F3NO5S2/c1-15-6(12)4-3(2-17-5(4)11)16-18(13,14)7(8,9)10/h2H,11H2,1H3.